The highest BCUT2D eigenvalue weighted by molar-refractivity contribution is 6.16. The lowest BCUT2D eigenvalue weighted by Crippen LogP contribution is -2.37. The molecule has 0 unspecified atom stereocenters. The van der Waals surface area contributed by atoms with E-state index < -0.39 is 0 Å². The molecule has 1 amide bonds. The lowest BCUT2D eigenvalue weighted by atomic mass is 10.0. The van der Waals surface area contributed by atoms with Gasteiger partial charge in [0.2, 0.25) is 5.95 Å². The van der Waals surface area contributed by atoms with Crippen LogP contribution in [0.25, 0.3) is 21.8 Å². The van der Waals surface area contributed by atoms with Gasteiger partial charge < -0.3 is 14.5 Å². The minimum atomic E-state index is 0.000669. The predicted octanol–water partition coefficient (Wildman–Crippen LogP) is 3.17. The third-order valence-electron chi connectivity index (χ3n) is 6.03. The largest absolute Gasteiger partial charge is 0.378 e. The first-order valence-corrected chi connectivity index (χ1v) is 10.5. The number of amides is 1. The molecule has 0 N–H and O–H groups in total. The van der Waals surface area contributed by atoms with Crippen LogP contribution >= 0.6 is 0 Å². The number of aromatic nitrogens is 3. The molecule has 0 saturated carbocycles. The Morgan fingerprint density at radius 2 is 1.55 bits per heavy atom. The van der Waals surface area contributed by atoms with Crippen LogP contribution in [0, 0.1) is 0 Å². The zero-order chi connectivity index (χ0) is 20.8. The van der Waals surface area contributed by atoms with Crippen LogP contribution in [0.1, 0.15) is 21.6 Å². The first kappa shape index (κ1) is 18.2. The number of nitrogens with zero attached hydrogens (tertiary/aromatic N) is 5. The molecule has 0 aliphatic carbocycles. The van der Waals surface area contributed by atoms with E-state index in [2.05, 4.69) is 9.88 Å². The molecule has 4 heterocycles. The summed E-state index contributed by atoms with van der Waals surface area (Å²) < 4.78 is 5.43. The molecule has 31 heavy (non-hydrogen) atoms. The Labute approximate surface area is 179 Å². The number of fused-ring (bicyclic) bond motifs is 3. The van der Waals surface area contributed by atoms with Crippen molar-refractivity contribution in [2.45, 2.75) is 13.1 Å². The lowest BCUT2D eigenvalue weighted by molar-refractivity contribution is 0.0754. The molecule has 1 saturated heterocycles. The second-order valence-corrected chi connectivity index (χ2v) is 7.92. The number of pyridine rings is 1. The van der Waals surface area contributed by atoms with Gasteiger partial charge in [-0.25, -0.2) is 15.0 Å². The second kappa shape index (κ2) is 7.28. The fraction of sp³-hybridized carbons (Fsp3) is 0.250. The van der Waals surface area contributed by atoms with E-state index in [1.54, 1.807) is 0 Å². The summed E-state index contributed by atoms with van der Waals surface area (Å²) in [4.78, 5) is 31.8. The number of ether oxygens (including phenoxy) is 1. The van der Waals surface area contributed by atoms with Crippen molar-refractivity contribution >= 4 is 33.7 Å². The van der Waals surface area contributed by atoms with Gasteiger partial charge in [0, 0.05) is 42.2 Å². The molecule has 2 aliphatic heterocycles. The summed E-state index contributed by atoms with van der Waals surface area (Å²) in [6.45, 7) is 3.95. The molecule has 0 radical (unpaired) electrons. The van der Waals surface area contributed by atoms with E-state index >= 15 is 0 Å². The number of rotatable bonds is 2. The van der Waals surface area contributed by atoms with E-state index in [9.17, 15) is 4.79 Å². The van der Waals surface area contributed by atoms with Gasteiger partial charge in [0.15, 0.2) is 0 Å². The molecule has 2 aromatic heterocycles. The van der Waals surface area contributed by atoms with E-state index in [4.69, 9.17) is 14.7 Å². The first-order valence-electron chi connectivity index (χ1n) is 10.5. The number of hydrogen-bond acceptors (Lipinski definition) is 6. The molecule has 7 heteroatoms. The third-order valence-corrected chi connectivity index (χ3v) is 6.03. The molecule has 6 rings (SSSR count). The normalized spacial score (nSPS) is 16.1. The van der Waals surface area contributed by atoms with Crippen molar-refractivity contribution in [1.29, 1.82) is 0 Å². The zero-order valence-corrected chi connectivity index (χ0v) is 17.0. The van der Waals surface area contributed by atoms with Crippen molar-refractivity contribution in [2.75, 3.05) is 31.2 Å². The summed E-state index contributed by atoms with van der Waals surface area (Å²) >= 11 is 0. The third kappa shape index (κ3) is 3.09. The van der Waals surface area contributed by atoms with Gasteiger partial charge >= 0.3 is 0 Å². The molecule has 0 spiro atoms. The van der Waals surface area contributed by atoms with Gasteiger partial charge in [0.1, 0.15) is 0 Å². The van der Waals surface area contributed by atoms with E-state index in [1.165, 1.54) is 0 Å². The molecule has 154 valence electrons. The van der Waals surface area contributed by atoms with Crippen LogP contribution in [0.5, 0.6) is 0 Å². The lowest BCUT2D eigenvalue weighted by Gasteiger charge is -2.26. The van der Waals surface area contributed by atoms with Crippen LogP contribution in [0.4, 0.5) is 5.95 Å². The van der Waals surface area contributed by atoms with Crippen molar-refractivity contribution in [3.05, 3.63) is 71.5 Å². The molecular formula is C24H21N5O2. The molecule has 0 atom stereocenters. The van der Waals surface area contributed by atoms with Crippen LogP contribution < -0.4 is 4.90 Å². The maximum Gasteiger partial charge on any atom is 0.255 e. The number of para-hydroxylation sites is 2. The summed E-state index contributed by atoms with van der Waals surface area (Å²) in [5.74, 6) is 0.719. The highest BCUT2D eigenvalue weighted by Gasteiger charge is 2.29. The van der Waals surface area contributed by atoms with Crippen molar-refractivity contribution in [3.63, 3.8) is 0 Å². The van der Waals surface area contributed by atoms with Crippen molar-refractivity contribution in [2.24, 2.45) is 0 Å². The van der Waals surface area contributed by atoms with Crippen LogP contribution in [-0.4, -0.2) is 52.1 Å². The Morgan fingerprint density at radius 1 is 0.871 bits per heavy atom. The Bertz CT molecular complexity index is 1260. The van der Waals surface area contributed by atoms with Gasteiger partial charge in [-0.15, -0.1) is 0 Å². The van der Waals surface area contributed by atoms with Gasteiger partial charge in [-0.2, -0.15) is 0 Å². The predicted molar refractivity (Wildman–Crippen MR) is 118 cm³/mol. The number of carbonyl (C=O) groups is 1. The van der Waals surface area contributed by atoms with E-state index in [0.717, 1.165) is 52.1 Å². The average molecular weight is 411 g/mol. The smallest absolute Gasteiger partial charge is 0.255 e. The van der Waals surface area contributed by atoms with E-state index in [0.29, 0.717) is 31.9 Å². The standard InChI is InChI=1S/C24H21N5O2/c30-23(22-17-5-1-3-7-19(17)26-20-8-4-2-6-18(20)22)29-14-16-13-25-24(27-21(16)15-29)28-9-11-31-12-10-28/h1-8,13H,9-12,14-15H2. The van der Waals surface area contributed by atoms with Crippen LogP contribution in [0.3, 0.4) is 0 Å². The van der Waals surface area contributed by atoms with Gasteiger partial charge in [0.05, 0.1) is 42.0 Å². The number of hydrogen-bond donors (Lipinski definition) is 0. The zero-order valence-electron chi connectivity index (χ0n) is 17.0. The summed E-state index contributed by atoms with van der Waals surface area (Å²) in [7, 11) is 0. The summed E-state index contributed by atoms with van der Waals surface area (Å²) in [5, 5.41) is 1.75. The molecule has 2 aromatic carbocycles. The van der Waals surface area contributed by atoms with Gasteiger partial charge in [-0.1, -0.05) is 36.4 Å². The SMILES string of the molecule is O=C(c1c2ccccc2nc2ccccc12)N1Cc2cnc(N3CCOCC3)nc2C1. The highest BCUT2D eigenvalue weighted by atomic mass is 16.5. The average Bonchev–Trinajstić information content (AvgIpc) is 3.26. The van der Waals surface area contributed by atoms with Crippen LogP contribution in [0.15, 0.2) is 54.7 Å². The van der Waals surface area contributed by atoms with Crippen molar-refractivity contribution in [1.82, 2.24) is 19.9 Å². The Kier molecular flexibility index (Phi) is 4.28. The maximum atomic E-state index is 13.8. The fourth-order valence-electron chi connectivity index (χ4n) is 4.43. The second-order valence-electron chi connectivity index (χ2n) is 7.92. The van der Waals surface area contributed by atoms with Crippen LogP contribution in [0.2, 0.25) is 0 Å². The Morgan fingerprint density at radius 3 is 2.26 bits per heavy atom. The molecule has 4 aromatic rings. The first-order chi connectivity index (χ1) is 15.3. The van der Waals surface area contributed by atoms with Crippen molar-refractivity contribution in [3.8, 4) is 0 Å². The summed E-state index contributed by atoms with van der Waals surface area (Å²) in [6, 6.07) is 15.7. The van der Waals surface area contributed by atoms with Gasteiger partial charge in [-0.3, -0.25) is 4.79 Å². The molecule has 2 aliphatic rings. The highest BCUT2D eigenvalue weighted by Crippen LogP contribution is 2.30. The minimum absolute atomic E-state index is 0.000669. The molecule has 1 fully saturated rings. The quantitative estimate of drug-likeness (QED) is 0.472. The molecular weight excluding hydrogens is 390 g/mol. The Hall–Kier alpha value is -3.58. The Balaban J connectivity index is 1.37. The molecule has 7 nitrogen and oxygen atoms in total. The topological polar surface area (TPSA) is 71.5 Å². The van der Waals surface area contributed by atoms with Gasteiger partial charge in [0.25, 0.3) is 5.91 Å². The maximum absolute atomic E-state index is 13.8. The van der Waals surface area contributed by atoms with Gasteiger partial charge in [-0.05, 0) is 12.1 Å². The number of carbonyl (C=O) groups excluding carboxylic acids is 1. The minimum Gasteiger partial charge on any atom is -0.378 e. The van der Waals surface area contributed by atoms with Crippen molar-refractivity contribution < 1.29 is 9.53 Å². The fourth-order valence-corrected chi connectivity index (χ4v) is 4.43. The van der Waals surface area contributed by atoms with E-state index in [-0.39, 0.29) is 5.91 Å². The monoisotopic (exact) mass is 411 g/mol. The number of morpholine rings is 1. The summed E-state index contributed by atoms with van der Waals surface area (Å²) in [6.07, 6.45) is 1.86. The number of benzene rings is 2. The van der Waals surface area contributed by atoms with Crippen LogP contribution in [-0.2, 0) is 17.8 Å². The number of anilines is 1. The summed E-state index contributed by atoms with van der Waals surface area (Å²) in [5.41, 5.74) is 4.29. The van der Waals surface area contributed by atoms with E-state index in [1.807, 2.05) is 59.6 Å². The molecule has 0 bridgehead atoms.